The molecule has 122 valence electrons. The molecule has 1 aromatic carbocycles. The molecule has 0 N–H and O–H groups in total. The van der Waals surface area contributed by atoms with Crippen molar-refractivity contribution in [3.63, 3.8) is 0 Å². The van der Waals surface area contributed by atoms with Crippen LogP contribution in [0, 0.1) is 0 Å². The summed E-state index contributed by atoms with van der Waals surface area (Å²) in [6.45, 7) is 9.10. The number of Topliss-reactive ketones (excluding diaryl/α,β-unsaturated/α-hetero) is 1. The van der Waals surface area contributed by atoms with Crippen LogP contribution in [0.5, 0.6) is 5.75 Å². The van der Waals surface area contributed by atoms with Gasteiger partial charge in [0.1, 0.15) is 17.3 Å². The molecule has 3 heteroatoms. The van der Waals surface area contributed by atoms with E-state index < -0.39 is 0 Å². The van der Waals surface area contributed by atoms with Gasteiger partial charge in [0, 0.05) is 12.0 Å². The summed E-state index contributed by atoms with van der Waals surface area (Å²) in [5, 5.41) is 0. The van der Waals surface area contributed by atoms with E-state index >= 15 is 0 Å². The van der Waals surface area contributed by atoms with Crippen molar-refractivity contribution < 1.29 is 14.3 Å². The number of unbranched alkanes of at least 4 members (excludes halogenated alkanes) is 3. The molecule has 0 bridgehead atoms. The van der Waals surface area contributed by atoms with Crippen LogP contribution in [0.4, 0.5) is 0 Å². The van der Waals surface area contributed by atoms with Crippen molar-refractivity contribution >= 4 is 11.5 Å². The summed E-state index contributed by atoms with van der Waals surface area (Å²) in [6.07, 6.45) is 5.86. The first-order valence-corrected chi connectivity index (χ1v) is 8.18. The lowest BCUT2D eigenvalue weighted by Gasteiger charge is -2.10. The molecule has 0 spiro atoms. The van der Waals surface area contributed by atoms with E-state index in [2.05, 4.69) is 13.5 Å². The number of hydrogen-bond acceptors (Lipinski definition) is 3. The Balaban J connectivity index is 2.26. The average molecular weight is 304 g/mol. The molecule has 0 unspecified atom stereocenters. The third kappa shape index (κ3) is 7.87. The Morgan fingerprint density at radius 1 is 1.05 bits per heavy atom. The van der Waals surface area contributed by atoms with Gasteiger partial charge in [-0.15, -0.1) is 0 Å². The lowest BCUT2D eigenvalue weighted by Crippen LogP contribution is -1.98. The molecule has 0 heterocycles. The highest BCUT2D eigenvalue weighted by molar-refractivity contribution is 5.75. The van der Waals surface area contributed by atoms with E-state index in [1.165, 1.54) is 12.8 Å². The molecule has 0 aromatic heterocycles. The van der Waals surface area contributed by atoms with Crippen molar-refractivity contribution in [2.45, 2.75) is 52.4 Å². The van der Waals surface area contributed by atoms with Gasteiger partial charge in [0.2, 0.25) is 0 Å². The monoisotopic (exact) mass is 304 g/mol. The number of ketones is 1. The maximum Gasteiger partial charge on any atom is 0.129 e. The summed E-state index contributed by atoms with van der Waals surface area (Å²) in [6, 6.07) is 7.83. The Bertz CT molecular complexity index is 448. The Morgan fingerprint density at radius 3 is 2.36 bits per heavy atom. The van der Waals surface area contributed by atoms with Gasteiger partial charge in [-0.25, -0.2) is 0 Å². The second-order valence-electron chi connectivity index (χ2n) is 5.51. The highest BCUT2D eigenvalue weighted by Gasteiger charge is 2.02. The van der Waals surface area contributed by atoms with Crippen LogP contribution in [0.25, 0.3) is 5.76 Å². The molecular formula is C19H28O3. The SMILES string of the molecule is C=C(OCCCCC(C)=O)c1ccc(OCCCCC)cc1. The zero-order valence-corrected chi connectivity index (χ0v) is 13.9. The maximum absolute atomic E-state index is 10.8. The molecule has 0 saturated heterocycles. The highest BCUT2D eigenvalue weighted by atomic mass is 16.5. The fraction of sp³-hybridized carbons (Fsp3) is 0.526. The third-order valence-electron chi connectivity index (χ3n) is 3.39. The summed E-state index contributed by atoms with van der Waals surface area (Å²) in [7, 11) is 0. The van der Waals surface area contributed by atoms with E-state index in [1.807, 2.05) is 24.3 Å². The van der Waals surface area contributed by atoms with Crippen LogP contribution in [0.2, 0.25) is 0 Å². The molecule has 1 aromatic rings. The Labute approximate surface area is 134 Å². The Morgan fingerprint density at radius 2 is 1.73 bits per heavy atom. The van der Waals surface area contributed by atoms with Gasteiger partial charge >= 0.3 is 0 Å². The van der Waals surface area contributed by atoms with Crippen LogP contribution in [-0.2, 0) is 9.53 Å². The quantitative estimate of drug-likeness (QED) is 0.402. The fourth-order valence-corrected chi connectivity index (χ4v) is 2.03. The van der Waals surface area contributed by atoms with Crippen LogP contribution in [0.3, 0.4) is 0 Å². The molecule has 0 fully saturated rings. The van der Waals surface area contributed by atoms with E-state index in [0.29, 0.717) is 18.8 Å². The topological polar surface area (TPSA) is 35.5 Å². The Hall–Kier alpha value is -1.77. The van der Waals surface area contributed by atoms with Crippen LogP contribution in [-0.4, -0.2) is 19.0 Å². The van der Waals surface area contributed by atoms with Crippen molar-refractivity contribution in [2.24, 2.45) is 0 Å². The maximum atomic E-state index is 10.8. The minimum Gasteiger partial charge on any atom is -0.494 e. The van der Waals surface area contributed by atoms with E-state index in [9.17, 15) is 4.79 Å². The van der Waals surface area contributed by atoms with Crippen LogP contribution >= 0.6 is 0 Å². The van der Waals surface area contributed by atoms with E-state index in [1.54, 1.807) is 6.92 Å². The lowest BCUT2D eigenvalue weighted by molar-refractivity contribution is -0.117. The normalized spacial score (nSPS) is 10.3. The Kier molecular flexibility index (Phi) is 9.04. The molecule has 22 heavy (non-hydrogen) atoms. The molecule has 1 rings (SSSR count). The first kappa shape index (κ1) is 18.3. The van der Waals surface area contributed by atoms with Crippen LogP contribution in [0.15, 0.2) is 30.8 Å². The second kappa shape index (κ2) is 10.9. The van der Waals surface area contributed by atoms with Gasteiger partial charge in [-0.1, -0.05) is 26.3 Å². The fourth-order valence-electron chi connectivity index (χ4n) is 2.03. The van der Waals surface area contributed by atoms with Gasteiger partial charge in [0.25, 0.3) is 0 Å². The largest absolute Gasteiger partial charge is 0.494 e. The highest BCUT2D eigenvalue weighted by Crippen LogP contribution is 2.19. The first-order valence-electron chi connectivity index (χ1n) is 8.18. The molecule has 0 amide bonds. The molecule has 3 nitrogen and oxygen atoms in total. The standard InChI is InChI=1S/C19H28O3/c1-4-5-7-15-22-19-12-10-18(11-13-19)17(3)21-14-8-6-9-16(2)20/h10-13H,3-9,14-15H2,1-2H3. The van der Waals surface area contributed by atoms with Gasteiger partial charge in [-0.05, 0) is 50.5 Å². The molecule has 0 saturated carbocycles. The zero-order valence-electron chi connectivity index (χ0n) is 13.9. The van der Waals surface area contributed by atoms with Crippen LogP contribution in [0.1, 0.15) is 57.9 Å². The molecule has 0 aliphatic heterocycles. The van der Waals surface area contributed by atoms with Gasteiger partial charge < -0.3 is 14.3 Å². The van der Waals surface area contributed by atoms with E-state index in [4.69, 9.17) is 9.47 Å². The van der Waals surface area contributed by atoms with Gasteiger partial charge in [0.05, 0.1) is 13.2 Å². The number of hydrogen-bond donors (Lipinski definition) is 0. The number of benzene rings is 1. The van der Waals surface area contributed by atoms with Crippen molar-refractivity contribution in [2.75, 3.05) is 13.2 Å². The summed E-state index contributed by atoms with van der Waals surface area (Å²) in [4.78, 5) is 10.8. The minimum absolute atomic E-state index is 0.230. The smallest absolute Gasteiger partial charge is 0.129 e. The van der Waals surface area contributed by atoms with Crippen molar-refractivity contribution in [3.8, 4) is 5.75 Å². The predicted molar refractivity (Wildman–Crippen MR) is 91.0 cm³/mol. The number of rotatable bonds is 12. The molecular weight excluding hydrogens is 276 g/mol. The van der Waals surface area contributed by atoms with Crippen LogP contribution < -0.4 is 4.74 Å². The average Bonchev–Trinajstić information content (AvgIpc) is 2.51. The molecule has 0 aliphatic rings. The van der Waals surface area contributed by atoms with E-state index in [0.717, 1.165) is 37.2 Å². The number of ether oxygens (including phenoxy) is 2. The molecule has 0 radical (unpaired) electrons. The van der Waals surface area contributed by atoms with Gasteiger partial charge in [0.15, 0.2) is 0 Å². The van der Waals surface area contributed by atoms with Crippen molar-refractivity contribution in [1.29, 1.82) is 0 Å². The molecule has 0 atom stereocenters. The van der Waals surface area contributed by atoms with E-state index in [-0.39, 0.29) is 5.78 Å². The van der Waals surface area contributed by atoms with Gasteiger partial charge in [-0.3, -0.25) is 0 Å². The molecule has 0 aliphatic carbocycles. The number of carbonyl (C=O) groups is 1. The zero-order chi connectivity index (χ0) is 16.2. The lowest BCUT2D eigenvalue weighted by atomic mass is 10.2. The van der Waals surface area contributed by atoms with Crippen molar-refractivity contribution in [1.82, 2.24) is 0 Å². The summed E-state index contributed by atoms with van der Waals surface area (Å²) < 4.78 is 11.3. The summed E-state index contributed by atoms with van der Waals surface area (Å²) >= 11 is 0. The number of carbonyl (C=O) groups excluding carboxylic acids is 1. The third-order valence-corrected chi connectivity index (χ3v) is 3.39. The van der Waals surface area contributed by atoms with Gasteiger partial charge in [-0.2, -0.15) is 0 Å². The predicted octanol–water partition coefficient (Wildman–Crippen LogP) is 5.00. The minimum atomic E-state index is 0.230. The summed E-state index contributed by atoms with van der Waals surface area (Å²) in [5.74, 6) is 1.78. The second-order valence-corrected chi connectivity index (χ2v) is 5.51. The van der Waals surface area contributed by atoms with Crippen molar-refractivity contribution in [3.05, 3.63) is 36.4 Å². The summed E-state index contributed by atoms with van der Waals surface area (Å²) in [5.41, 5.74) is 0.965. The first-order chi connectivity index (χ1) is 10.6.